The van der Waals surface area contributed by atoms with Crippen LogP contribution in [0.3, 0.4) is 0 Å². The van der Waals surface area contributed by atoms with Crippen LogP contribution in [0.25, 0.3) is 0 Å². The highest BCUT2D eigenvalue weighted by molar-refractivity contribution is 6.12. The third-order valence-corrected chi connectivity index (χ3v) is 3.63. The molecule has 0 bridgehead atoms. The van der Waals surface area contributed by atoms with E-state index < -0.39 is 0 Å². The number of hydrogen-bond donors (Lipinski definition) is 0. The second kappa shape index (κ2) is 6.97. The van der Waals surface area contributed by atoms with Crippen LogP contribution in [0.5, 0.6) is 0 Å². The number of hydrogen-bond acceptors (Lipinski definition) is 2. The monoisotopic (exact) mass is 304 g/mol. The van der Waals surface area contributed by atoms with Crippen LogP contribution in [0, 0.1) is 12.7 Å². The van der Waals surface area contributed by atoms with Crippen molar-refractivity contribution in [3.05, 3.63) is 101 Å². The molecule has 0 atom stereocenters. The molecule has 3 heteroatoms. The fourth-order valence-electron chi connectivity index (χ4n) is 2.43. The predicted octanol–water partition coefficient (Wildman–Crippen LogP) is 4.57. The Kier molecular flexibility index (Phi) is 4.57. The third kappa shape index (κ3) is 3.69. The quantitative estimate of drug-likeness (QED) is 0.648. The van der Waals surface area contributed by atoms with Gasteiger partial charge in [0, 0.05) is 11.1 Å². The fourth-order valence-corrected chi connectivity index (χ4v) is 2.43. The van der Waals surface area contributed by atoms with Gasteiger partial charge in [0.15, 0.2) is 0 Å². The number of rotatable bonds is 4. The highest BCUT2D eigenvalue weighted by Crippen LogP contribution is 2.14. The summed E-state index contributed by atoms with van der Waals surface area (Å²) in [5.41, 5.74) is 4.62. The molecule has 0 aliphatic carbocycles. The van der Waals surface area contributed by atoms with Crippen LogP contribution in [-0.4, -0.2) is 10.7 Å². The molecule has 1 heterocycles. The first-order valence-corrected chi connectivity index (χ1v) is 7.50. The third-order valence-electron chi connectivity index (χ3n) is 3.63. The Morgan fingerprint density at radius 1 is 0.957 bits per heavy atom. The molecule has 2 aromatic carbocycles. The van der Waals surface area contributed by atoms with Gasteiger partial charge in [0.1, 0.15) is 5.82 Å². The first-order chi connectivity index (χ1) is 11.2. The van der Waals surface area contributed by atoms with Gasteiger partial charge >= 0.3 is 0 Å². The Bertz CT molecular complexity index is 770. The summed E-state index contributed by atoms with van der Waals surface area (Å²) in [7, 11) is 0. The van der Waals surface area contributed by atoms with Gasteiger partial charge < -0.3 is 0 Å². The number of aliphatic imine (C=N–C) groups is 1. The molecule has 0 N–H and O–H groups in total. The van der Waals surface area contributed by atoms with Crippen LogP contribution < -0.4 is 0 Å². The molecule has 0 aliphatic rings. The van der Waals surface area contributed by atoms with Crippen LogP contribution in [0.15, 0.2) is 77.9 Å². The highest BCUT2D eigenvalue weighted by atomic mass is 19.1. The van der Waals surface area contributed by atoms with Gasteiger partial charge in [-0.25, -0.2) is 4.39 Å². The number of halogens is 1. The van der Waals surface area contributed by atoms with Crippen molar-refractivity contribution in [3.8, 4) is 0 Å². The molecule has 1 aromatic heterocycles. The van der Waals surface area contributed by atoms with Crippen molar-refractivity contribution < 1.29 is 4.39 Å². The first-order valence-electron chi connectivity index (χ1n) is 7.50. The Labute approximate surface area is 135 Å². The maximum absolute atomic E-state index is 13.2. The molecule has 0 amide bonds. The SMILES string of the molecule is Cc1cc(F)cnc1CN=C(c1ccccc1)c1ccccc1. The molecule has 114 valence electrons. The van der Waals surface area contributed by atoms with Gasteiger partial charge in [-0.2, -0.15) is 0 Å². The molecule has 0 aliphatic heterocycles. The number of nitrogens with zero attached hydrogens (tertiary/aromatic N) is 2. The van der Waals surface area contributed by atoms with Crippen molar-refractivity contribution in [2.75, 3.05) is 0 Å². The number of benzene rings is 2. The van der Waals surface area contributed by atoms with Crippen molar-refractivity contribution in [2.45, 2.75) is 13.5 Å². The lowest BCUT2D eigenvalue weighted by Crippen LogP contribution is -2.05. The minimum absolute atomic E-state index is 0.318. The maximum atomic E-state index is 13.2. The van der Waals surface area contributed by atoms with Gasteiger partial charge in [0.25, 0.3) is 0 Å². The lowest BCUT2D eigenvalue weighted by atomic mass is 10.0. The molecule has 0 unspecified atom stereocenters. The van der Waals surface area contributed by atoms with Gasteiger partial charge in [0.2, 0.25) is 0 Å². The fraction of sp³-hybridized carbons (Fsp3) is 0.100. The zero-order valence-corrected chi connectivity index (χ0v) is 12.9. The van der Waals surface area contributed by atoms with Gasteiger partial charge in [-0.15, -0.1) is 0 Å². The van der Waals surface area contributed by atoms with E-state index in [4.69, 9.17) is 4.99 Å². The van der Waals surface area contributed by atoms with Crippen molar-refractivity contribution in [1.29, 1.82) is 0 Å². The van der Waals surface area contributed by atoms with Crippen LogP contribution in [0.2, 0.25) is 0 Å². The number of pyridine rings is 1. The standard InChI is InChI=1S/C20H17FN2/c1-15-12-18(21)13-22-19(15)14-23-20(16-8-4-2-5-9-16)17-10-6-3-7-11-17/h2-13H,14H2,1H3. The summed E-state index contributed by atoms with van der Waals surface area (Å²) in [5, 5.41) is 0. The van der Waals surface area contributed by atoms with Crippen LogP contribution in [0.1, 0.15) is 22.4 Å². The van der Waals surface area contributed by atoms with Crippen LogP contribution in [0.4, 0.5) is 4.39 Å². The summed E-state index contributed by atoms with van der Waals surface area (Å²) < 4.78 is 13.2. The molecule has 0 fully saturated rings. The molecule has 23 heavy (non-hydrogen) atoms. The molecular formula is C20H17FN2. The second-order valence-electron chi connectivity index (χ2n) is 5.31. The van der Waals surface area contributed by atoms with Gasteiger partial charge in [-0.1, -0.05) is 60.7 Å². The Morgan fingerprint density at radius 3 is 2.04 bits per heavy atom. The Hall–Kier alpha value is -2.81. The van der Waals surface area contributed by atoms with E-state index in [1.54, 1.807) is 0 Å². The number of aromatic nitrogens is 1. The normalized spacial score (nSPS) is 10.3. The van der Waals surface area contributed by atoms with E-state index in [-0.39, 0.29) is 5.82 Å². The molecule has 0 radical (unpaired) electrons. The summed E-state index contributed by atoms with van der Waals surface area (Å²) >= 11 is 0. The minimum atomic E-state index is -0.318. The summed E-state index contributed by atoms with van der Waals surface area (Å²) in [5.74, 6) is -0.318. The Balaban J connectivity index is 1.98. The molecule has 0 spiro atoms. The van der Waals surface area contributed by atoms with E-state index in [1.807, 2.05) is 67.6 Å². The largest absolute Gasteiger partial charge is 0.278 e. The van der Waals surface area contributed by atoms with E-state index in [2.05, 4.69) is 4.98 Å². The molecular weight excluding hydrogens is 287 g/mol. The van der Waals surface area contributed by atoms with E-state index in [0.717, 1.165) is 28.1 Å². The number of aryl methyl sites for hydroxylation is 1. The summed E-state index contributed by atoms with van der Waals surface area (Å²) in [6.07, 6.45) is 1.24. The van der Waals surface area contributed by atoms with Crippen molar-refractivity contribution in [1.82, 2.24) is 4.98 Å². The van der Waals surface area contributed by atoms with Gasteiger partial charge in [-0.3, -0.25) is 9.98 Å². The van der Waals surface area contributed by atoms with E-state index in [0.29, 0.717) is 6.54 Å². The van der Waals surface area contributed by atoms with Crippen molar-refractivity contribution in [3.63, 3.8) is 0 Å². The zero-order valence-electron chi connectivity index (χ0n) is 12.9. The van der Waals surface area contributed by atoms with E-state index in [9.17, 15) is 4.39 Å². The lowest BCUT2D eigenvalue weighted by Gasteiger charge is -2.08. The molecule has 0 saturated heterocycles. The first kappa shape index (κ1) is 15.1. The molecule has 2 nitrogen and oxygen atoms in total. The molecule has 3 aromatic rings. The molecule has 0 saturated carbocycles. The zero-order chi connectivity index (χ0) is 16.1. The maximum Gasteiger partial charge on any atom is 0.141 e. The molecule has 3 rings (SSSR count). The van der Waals surface area contributed by atoms with Crippen LogP contribution in [-0.2, 0) is 6.54 Å². The minimum Gasteiger partial charge on any atom is -0.278 e. The highest BCUT2D eigenvalue weighted by Gasteiger charge is 2.07. The van der Waals surface area contributed by atoms with E-state index in [1.165, 1.54) is 12.3 Å². The average molecular weight is 304 g/mol. The van der Waals surface area contributed by atoms with Gasteiger partial charge in [-0.05, 0) is 18.6 Å². The average Bonchev–Trinajstić information content (AvgIpc) is 2.59. The summed E-state index contributed by atoms with van der Waals surface area (Å²) in [6.45, 7) is 2.27. The predicted molar refractivity (Wildman–Crippen MR) is 91.2 cm³/mol. The van der Waals surface area contributed by atoms with Crippen molar-refractivity contribution >= 4 is 5.71 Å². The van der Waals surface area contributed by atoms with Crippen molar-refractivity contribution in [2.24, 2.45) is 4.99 Å². The van der Waals surface area contributed by atoms with Gasteiger partial charge in [0.05, 0.1) is 24.1 Å². The van der Waals surface area contributed by atoms with Crippen LogP contribution >= 0.6 is 0 Å². The Morgan fingerprint density at radius 2 is 1.52 bits per heavy atom. The second-order valence-corrected chi connectivity index (χ2v) is 5.31. The van der Waals surface area contributed by atoms with E-state index >= 15 is 0 Å². The topological polar surface area (TPSA) is 25.2 Å². The smallest absolute Gasteiger partial charge is 0.141 e. The lowest BCUT2D eigenvalue weighted by molar-refractivity contribution is 0.617. The summed E-state index contributed by atoms with van der Waals surface area (Å²) in [4.78, 5) is 8.91. The summed E-state index contributed by atoms with van der Waals surface area (Å²) in [6, 6.07) is 21.6.